The summed E-state index contributed by atoms with van der Waals surface area (Å²) in [6.07, 6.45) is 7.17. The first-order valence-electron chi connectivity index (χ1n) is 8.06. The predicted octanol–water partition coefficient (Wildman–Crippen LogP) is 3.23. The Kier molecular flexibility index (Phi) is 5.59. The van der Waals surface area contributed by atoms with Gasteiger partial charge in [-0.3, -0.25) is 0 Å². The maximum atomic E-state index is 5.45. The maximum Gasteiger partial charge on any atom is 0.323 e. The second kappa shape index (κ2) is 7.43. The van der Waals surface area contributed by atoms with E-state index in [2.05, 4.69) is 39.4 Å². The normalized spacial score (nSPS) is 17.3. The lowest BCUT2D eigenvalue weighted by molar-refractivity contribution is 0.310. The van der Waals surface area contributed by atoms with Crippen LogP contribution >= 0.6 is 0 Å². The van der Waals surface area contributed by atoms with Gasteiger partial charge >= 0.3 is 6.01 Å². The Morgan fingerprint density at radius 2 is 1.76 bits per heavy atom. The molecule has 2 N–H and O–H groups in total. The van der Waals surface area contributed by atoms with Gasteiger partial charge in [-0.05, 0) is 33.1 Å². The van der Waals surface area contributed by atoms with Crippen LogP contribution in [0.1, 0.15) is 59.3 Å². The summed E-state index contributed by atoms with van der Waals surface area (Å²) in [6.45, 7) is 7.67. The van der Waals surface area contributed by atoms with Gasteiger partial charge in [0.15, 0.2) is 0 Å². The van der Waals surface area contributed by atoms with Crippen molar-refractivity contribution in [3.8, 4) is 6.01 Å². The van der Waals surface area contributed by atoms with E-state index in [0.29, 0.717) is 24.5 Å². The fraction of sp³-hybridized carbons (Fsp3) is 0.800. The molecule has 1 aromatic heterocycles. The first kappa shape index (κ1) is 15.8. The van der Waals surface area contributed by atoms with Gasteiger partial charge in [0.05, 0.1) is 6.61 Å². The van der Waals surface area contributed by atoms with Crippen LogP contribution in [-0.4, -0.2) is 33.6 Å². The second-order valence-electron chi connectivity index (χ2n) is 5.87. The highest BCUT2D eigenvalue weighted by Gasteiger charge is 2.27. The molecular weight excluding hydrogens is 266 g/mol. The molecular formula is C15H27N5O. The van der Waals surface area contributed by atoms with Gasteiger partial charge in [0.1, 0.15) is 0 Å². The van der Waals surface area contributed by atoms with Crippen molar-refractivity contribution in [3.05, 3.63) is 0 Å². The van der Waals surface area contributed by atoms with Crippen LogP contribution in [0.4, 0.5) is 11.9 Å². The molecule has 0 aliphatic heterocycles. The largest absolute Gasteiger partial charge is 0.464 e. The summed E-state index contributed by atoms with van der Waals surface area (Å²) in [6, 6.07) is 0.382. The quantitative estimate of drug-likeness (QED) is 0.804. The molecule has 0 amide bonds. The lowest BCUT2D eigenvalue weighted by atomic mass is 9.83. The highest BCUT2D eigenvalue weighted by Crippen LogP contribution is 2.30. The smallest absolute Gasteiger partial charge is 0.323 e. The van der Waals surface area contributed by atoms with Crippen LogP contribution in [0.2, 0.25) is 0 Å². The van der Waals surface area contributed by atoms with Gasteiger partial charge in [-0.15, -0.1) is 0 Å². The lowest BCUT2D eigenvalue weighted by Gasteiger charge is -2.34. The first-order chi connectivity index (χ1) is 10.1. The van der Waals surface area contributed by atoms with Crippen LogP contribution in [0.25, 0.3) is 0 Å². The third-order valence-corrected chi connectivity index (χ3v) is 3.79. The van der Waals surface area contributed by atoms with Crippen molar-refractivity contribution in [1.29, 1.82) is 0 Å². The molecule has 2 rings (SSSR count). The van der Waals surface area contributed by atoms with Crippen LogP contribution in [0, 0.1) is 0 Å². The molecule has 0 radical (unpaired) electrons. The number of rotatable bonds is 7. The molecule has 0 unspecified atom stereocenters. The number of hydrogen-bond donors (Lipinski definition) is 2. The molecule has 0 bridgehead atoms. The van der Waals surface area contributed by atoms with Crippen LogP contribution in [-0.2, 0) is 0 Å². The Labute approximate surface area is 127 Å². The summed E-state index contributed by atoms with van der Waals surface area (Å²) < 4.78 is 5.45. The molecule has 6 nitrogen and oxygen atoms in total. The average molecular weight is 293 g/mol. The zero-order valence-electron chi connectivity index (χ0n) is 13.4. The molecule has 1 aliphatic rings. The van der Waals surface area contributed by atoms with Crippen LogP contribution in [0.3, 0.4) is 0 Å². The van der Waals surface area contributed by atoms with E-state index in [4.69, 9.17) is 4.74 Å². The summed E-state index contributed by atoms with van der Waals surface area (Å²) in [4.78, 5) is 13.1. The van der Waals surface area contributed by atoms with Crippen molar-refractivity contribution in [2.75, 3.05) is 23.8 Å². The van der Waals surface area contributed by atoms with Gasteiger partial charge in [-0.2, -0.15) is 15.0 Å². The Morgan fingerprint density at radius 3 is 2.43 bits per heavy atom. The minimum atomic E-state index is 0.0745. The van der Waals surface area contributed by atoms with Crippen molar-refractivity contribution >= 4 is 11.9 Å². The molecule has 0 spiro atoms. The van der Waals surface area contributed by atoms with E-state index >= 15 is 0 Å². The van der Waals surface area contributed by atoms with E-state index in [1.165, 1.54) is 19.3 Å². The fourth-order valence-corrected chi connectivity index (χ4v) is 2.65. The zero-order chi connectivity index (χ0) is 15.1. The van der Waals surface area contributed by atoms with E-state index in [1.54, 1.807) is 0 Å². The van der Waals surface area contributed by atoms with Crippen LogP contribution < -0.4 is 15.4 Å². The van der Waals surface area contributed by atoms with Gasteiger partial charge in [0.2, 0.25) is 11.9 Å². The number of hydrogen-bond acceptors (Lipinski definition) is 6. The summed E-state index contributed by atoms with van der Waals surface area (Å²) in [5.41, 5.74) is 0.0745. The SMILES string of the molecule is CCCNc1nc(NC2(C)CCCCC2)nc(OCC)n1. The summed E-state index contributed by atoms with van der Waals surface area (Å²) >= 11 is 0. The number of aromatic nitrogens is 3. The Morgan fingerprint density at radius 1 is 1.05 bits per heavy atom. The van der Waals surface area contributed by atoms with Gasteiger partial charge in [-0.1, -0.05) is 26.2 Å². The molecule has 1 fully saturated rings. The van der Waals surface area contributed by atoms with Crippen molar-refractivity contribution in [1.82, 2.24) is 15.0 Å². The second-order valence-corrected chi connectivity index (χ2v) is 5.87. The molecule has 6 heteroatoms. The van der Waals surface area contributed by atoms with Gasteiger partial charge in [0, 0.05) is 12.1 Å². The van der Waals surface area contributed by atoms with E-state index < -0.39 is 0 Å². The first-order valence-corrected chi connectivity index (χ1v) is 8.06. The minimum absolute atomic E-state index is 0.0745. The highest BCUT2D eigenvalue weighted by atomic mass is 16.5. The Balaban J connectivity index is 2.14. The van der Waals surface area contributed by atoms with Crippen molar-refractivity contribution < 1.29 is 4.74 Å². The van der Waals surface area contributed by atoms with Crippen molar-refractivity contribution in [2.45, 2.75) is 64.8 Å². The molecule has 0 saturated heterocycles. The van der Waals surface area contributed by atoms with Gasteiger partial charge in [0.25, 0.3) is 0 Å². The molecule has 1 aromatic rings. The van der Waals surface area contributed by atoms with Gasteiger partial charge < -0.3 is 15.4 Å². The number of anilines is 2. The third kappa shape index (κ3) is 4.72. The summed E-state index contributed by atoms with van der Waals surface area (Å²) in [5, 5.41) is 6.69. The lowest BCUT2D eigenvalue weighted by Crippen LogP contribution is -2.37. The zero-order valence-corrected chi connectivity index (χ0v) is 13.4. The van der Waals surface area contributed by atoms with Crippen molar-refractivity contribution in [3.63, 3.8) is 0 Å². The van der Waals surface area contributed by atoms with E-state index in [0.717, 1.165) is 25.8 Å². The summed E-state index contributed by atoms with van der Waals surface area (Å²) in [5.74, 6) is 1.19. The van der Waals surface area contributed by atoms with Crippen LogP contribution in [0.15, 0.2) is 0 Å². The maximum absolute atomic E-state index is 5.45. The molecule has 0 aromatic carbocycles. The molecule has 0 atom stereocenters. The Hall–Kier alpha value is -1.59. The van der Waals surface area contributed by atoms with Gasteiger partial charge in [-0.25, -0.2) is 0 Å². The van der Waals surface area contributed by atoms with E-state index in [1.807, 2.05) is 6.92 Å². The van der Waals surface area contributed by atoms with Crippen molar-refractivity contribution in [2.24, 2.45) is 0 Å². The molecule has 118 valence electrons. The van der Waals surface area contributed by atoms with E-state index in [-0.39, 0.29) is 5.54 Å². The topological polar surface area (TPSA) is 72.0 Å². The average Bonchev–Trinajstić information content (AvgIpc) is 2.45. The van der Waals surface area contributed by atoms with Crippen LogP contribution in [0.5, 0.6) is 6.01 Å². The predicted molar refractivity (Wildman–Crippen MR) is 84.9 cm³/mol. The molecule has 1 aliphatic carbocycles. The molecule has 21 heavy (non-hydrogen) atoms. The molecule has 1 heterocycles. The highest BCUT2D eigenvalue weighted by molar-refractivity contribution is 5.38. The number of nitrogens with one attached hydrogen (secondary N) is 2. The standard InChI is InChI=1S/C15H27N5O/c1-4-11-16-12-17-13(19-14(18-12)21-5-2)20-15(3)9-7-6-8-10-15/h4-11H2,1-3H3,(H2,16,17,18,19,20). The summed E-state index contributed by atoms with van der Waals surface area (Å²) in [7, 11) is 0. The third-order valence-electron chi connectivity index (χ3n) is 3.79. The number of nitrogens with zero attached hydrogens (tertiary/aromatic N) is 3. The Bertz CT molecular complexity index is 446. The fourth-order valence-electron chi connectivity index (χ4n) is 2.65. The number of ether oxygens (including phenoxy) is 1. The minimum Gasteiger partial charge on any atom is -0.464 e. The monoisotopic (exact) mass is 293 g/mol. The van der Waals surface area contributed by atoms with E-state index in [9.17, 15) is 0 Å². The molecule has 1 saturated carbocycles.